The maximum absolute atomic E-state index is 8.90. The number of thioether (sulfide) groups is 1. The Bertz CT molecular complexity index is 396. The van der Waals surface area contributed by atoms with Gasteiger partial charge in [-0.05, 0) is 12.1 Å². The van der Waals surface area contributed by atoms with Crippen molar-refractivity contribution in [2.75, 3.05) is 12.8 Å². The summed E-state index contributed by atoms with van der Waals surface area (Å²) in [5, 5.41) is 9.36. The Balaban J connectivity index is 3.16. The van der Waals surface area contributed by atoms with E-state index in [1.165, 1.54) is 0 Å². The number of rotatable bonds is 3. The highest BCUT2D eigenvalue weighted by Gasteiger charge is 2.09. The van der Waals surface area contributed by atoms with Gasteiger partial charge in [-0.3, -0.25) is 0 Å². The molecule has 0 amide bonds. The second kappa shape index (κ2) is 4.94. The van der Waals surface area contributed by atoms with E-state index in [-0.39, 0.29) is 0 Å². The molecule has 0 fully saturated rings. The van der Waals surface area contributed by atoms with Crippen LogP contribution in [-0.2, 0) is 0 Å². The van der Waals surface area contributed by atoms with E-state index >= 15 is 0 Å². The zero-order valence-electron chi connectivity index (χ0n) is 9.07. The van der Waals surface area contributed by atoms with E-state index in [0.717, 1.165) is 4.90 Å². The van der Waals surface area contributed by atoms with Gasteiger partial charge in [0.2, 0.25) is 0 Å². The van der Waals surface area contributed by atoms with Crippen LogP contribution in [0.4, 0.5) is 5.69 Å². The smallest absolute Gasteiger partial charge is 0.144 e. The third-order valence-corrected chi connectivity index (χ3v) is 2.81. The molecule has 0 radical (unpaired) electrons. The summed E-state index contributed by atoms with van der Waals surface area (Å²) in [6, 6.07) is 5.72. The molecule has 0 unspecified atom stereocenters. The minimum Gasteiger partial charge on any atom is -0.495 e. The molecule has 1 aromatic rings. The van der Waals surface area contributed by atoms with Gasteiger partial charge in [0.25, 0.3) is 0 Å². The van der Waals surface area contributed by atoms with E-state index in [9.17, 15) is 0 Å². The fourth-order valence-electron chi connectivity index (χ4n) is 1.20. The summed E-state index contributed by atoms with van der Waals surface area (Å²) in [4.78, 5) is 1.01. The van der Waals surface area contributed by atoms with Crippen molar-refractivity contribution < 1.29 is 4.74 Å². The molecular weight excluding hydrogens is 208 g/mol. The Morgan fingerprint density at radius 3 is 2.60 bits per heavy atom. The molecule has 0 bridgehead atoms. The molecule has 0 aliphatic rings. The summed E-state index contributed by atoms with van der Waals surface area (Å²) in [5.74, 6) is 0.567. The van der Waals surface area contributed by atoms with Crippen LogP contribution in [-0.4, -0.2) is 12.4 Å². The molecule has 2 N–H and O–H groups in total. The standard InChI is InChI=1S/C11H14N2OS/c1-7(2)15-9-4-8(6-12)11(13)10(5-9)14-3/h4-5,7H,13H2,1-3H3. The second-order valence-corrected chi connectivity index (χ2v) is 5.02. The quantitative estimate of drug-likeness (QED) is 0.631. The molecule has 1 rings (SSSR count). The number of methoxy groups -OCH3 is 1. The van der Waals surface area contributed by atoms with Crippen LogP contribution < -0.4 is 10.5 Å². The highest BCUT2D eigenvalue weighted by Crippen LogP contribution is 2.33. The van der Waals surface area contributed by atoms with E-state index < -0.39 is 0 Å². The minimum atomic E-state index is 0.410. The molecule has 0 spiro atoms. The number of anilines is 1. The Morgan fingerprint density at radius 1 is 1.47 bits per heavy atom. The number of nitrogen functional groups attached to an aromatic ring is 1. The van der Waals surface area contributed by atoms with Crippen LogP contribution in [0, 0.1) is 11.3 Å². The third kappa shape index (κ3) is 2.80. The van der Waals surface area contributed by atoms with Gasteiger partial charge in [0, 0.05) is 10.1 Å². The summed E-state index contributed by atoms with van der Waals surface area (Å²) in [7, 11) is 1.55. The predicted molar refractivity (Wildman–Crippen MR) is 63.1 cm³/mol. The molecule has 4 heteroatoms. The average Bonchev–Trinajstić information content (AvgIpc) is 2.19. The average molecular weight is 222 g/mol. The molecular formula is C11H14N2OS. The molecule has 0 aliphatic carbocycles. The van der Waals surface area contributed by atoms with Crippen LogP contribution in [0.15, 0.2) is 17.0 Å². The van der Waals surface area contributed by atoms with Gasteiger partial charge in [0.05, 0.1) is 18.4 Å². The molecule has 1 aromatic carbocycles. The van der Waals surface area contributed by atoms with Gasteiger partial charge in [-0.2, -0.15) is 5.26 Å². The van der Waals surface area contributed by atoms with Gasteiger partial charge in [0.15, 0.2) is 0 Å². The molecule has 0 heterocycles. The fraction of sp³-hybridized carbons (Fsp3) is 0.364. The van der Waals surface area contributed by atoms with Gasteiger partial charge in [-0.1, -0.05) is 13.8 Å². The number of hydrogen-bond acceptors (Lipinski definition) is 4. The summed E-state index contributed by atoms with van der Waals surface area (Å²) < 4.78 is 5.12. The highest BCUT2D eigenvalue weighted by atomic mass is 32.2. The van der Waals surface area contributed by atoms with Crippen LogP contribution in [0.2, 0.25) is 0 Å². The van der Waals surface area contributed by atoms with Gasteiger partial charge >= 0.3 is 0 Å². The first-order valence-electron chi connectivity index (χ1n) is 4.62. The normalized spacial score (nSPS) is 10.1. The lowest BCUT2D eigenvalue weighted by Gasteiger charge is -2.10. The van der Waals surface area contributed by atoms with E-state index in [0.29, 0.717) is 22.3 Å². The number of benzene rings is 1. The van der Waals surface area contributed by atoms with Crippen LogP contribution >= 0.6 is 11.8 Å². The molecule has 80 valence electrons. The SMILES string of the molecule is COc1cc(SC(C)C)cc(C#N)c1N. The Kier molecular flexibility index (Phi) is 3.87. The molecule has 0 aliphatic heterocycles. The molecule has 0 saturated carbocycles. The predicted octanol–water partition coefficient (Wildman–Crippen LogP) is 2.65. The van der Waals surface area contributed by atoms with Crippen molar-refractivity contribution in [2.45, 2.75) is 24.0 Å². The highest BCUT2D eigenvalue weighted by molar-refractivity contribution is 7.99. The van der Waals surface area contributed by atoms with Crippen molar-refractivity contribution >= 4 is 17.4 Å². The van der Waals surface area contributed by atoms with Crippen molar-refractivity contribution in [1.29, 1.82) is 5.26 Å². The maximum atomic E-state index is 8.90. The first-order chi connectivity index (χ1) is 7.08. The van der Waals surface area contributed by atoms with Crippen molar-refractivity contribution in [3.63, 3.8) is 0 Å². The fourth-order valence-corrected chi connectivity index (χ4v) is 2.11. The summed E-state index contributed by atoms with van der Waals surface area (Å²) in [6.45, 7) is 4.19. The first-order valence-corrected chi connectivity index (χ1v) is 5.50. The van der Waals surface area contributed by atoms with Crippen LogP contribution in [0.25, 0.3) is 0 Å². The molecule has 0 saturated heterocycles. The van der Waals surface area contributed by atoms with Crippen molar-refractivity contribution in [3.05, 3.63) is 17.7 Å². The number of hydrogen-bond donors (Lipinski definition) is 1. The Labute approximate surface area is 94.2 Å². The number of nitriles is 1. The summed E-state index contributed by atoms with van der Waals surface area (Å²) >= 11 is 1.68. The second-order valence-electron chi connectivity index (χ2n) is 3.37. The van der Waals surface area contributed by atoms with E-state index in [2.05, 4.69) is 19.9 Å². The lowest BCUT2D eigenvalue weighted by molar-refractivity contribution is 0.416. The van der Waals surface area contributed by atoms with Gasteiger partial charge in [0.1, 0.15) is 11.8 Å². The Morgan fingerprint density at radius 2 is 2.13 bits per heavy atom. The minimum absolute atomic E-state index is 0.410. The van der Waals surface area contributed by atoms with Gasteiger partial charge in [-0.15, -0.1) is 11.8 Å². The largest absolute Gasteiger partial charge is 0.495 e. The Hall–Kier alpha value is -1.34. The van der Waals surface area contributed by atoms with Crippen LogP contribution in [0.5, 0.6) is 5.75 Å². The maximum Gasteiger partial charge on any atom is 0.144 e. The first kappa shape index (κ1) is 11.7. The monoisotopic (exact) mass is 222 g/mol. The van der Waals surface area contributed by atoms with E-state index in [4.69, 9.17) is 15.7 Å². The van der Waals surface area contributed by atoms with Gasteiger partial charge in [-0.25, -0.2) is 0 Å². The number of nitrogens with zero attached hydrogens (tertiary/aromatic N) is 1. The zero-order valence-corrected chi connectivity index (χ0v) is 9.89. The molecule has 0 aromatic heterocycles. The lowest BCUT2D eigenvalue weighted by atomic mass is 10.2. The van der Waals surface area contributed by atoms with E-state index in [1.807, 2.05) is 6.07 Å². The van der Waals surface area contributed by atoms with Gasteiger partial charge < -0.3 is 10.5 Å². The van der Waals surface area contributed by atoms with Crippen LogP contribution in [0.3, 0.4) is 0 Å². The molecule has 0 atom stereocenters. The van der Waals surface area contributed by atoms with Crippen molar-refractivity contribution in [1.82, 2.24) is 0 Å². The molecule has 3 nitrogen and oxygen atoms in total. The van der Waals surface area contributed by atoms with Crippen LogP contribution in [0.1, 0.15) is 19.4 Å². The van der Waals surface area contributed by atoms with Crippen molar-refractivity contribution in [2.24, 2.45) is 0 Å². The zero-order chi connectivity index (χ0) is 11.4. The van der Waals surface area contributed by atoms with E-state index in [1.54, 1.807) is 24.9 Å². The number of ether oxygens (including phenoxy) is 1. The third-order valence-electron chi connectivity index (χ3n) is 1.83. The summed E-state index contributed by atoms with van der Waals surface area (Å²) in [5.41, 5.74) is 6.63. The lowest BCUT2D eigenvalue weighted by Crippen LogP contribution is -1.97. The molecule has 15 heavy (non-hydrogen) atoms. The number of nitrogens with two attached hydrogens (primary N) is 1. The topological polar surface area (TPSA) is 59.0 Å². The van der Waals surface area contributed by atoms with Crippen molar-refractivity contribution in [3.8, 4) is 11.8 Å². The summed E-state index contributed by atoms with van der Waals surface area (Å²) in [6.07, 6.45) is 0.